The van der Waals surface area contributed by atoms with Crippen LogP contribution in [0.5, 0.6) is 0 Å². The summed E-state index contributed by atoms with van der Waals surface area (Å²) in [5.41, 5.74) is 8.93. The number of unbranched alkanes of at least 4 members (excludes halogenated alkanes) is 1. The van der Waals surface area contributed by atoms with Crippen molar-refractivity contribution in [2.45, 2.75) is 50.1 Å². The normalized spacial score (nSPS) is 17.0. The molecule has 0 spiro atoms. The number of halogens is 2. The van der Waals surface area contributed by atoms with Crippen LogP contribution in [-0.4, -0.2) is 4.57 Å². The molecule has 0 N–H and O–H groups in total. The van der Waals surface area contributed by atoms with Crippen molar-refractivity contribution < 1.29 is 47.7 Å². The molecular formula is C24H27Cl2HfN. The van der Waals surface area contributed by atoms with E-state index in [0.29, 0.717) is 3.67 Å². The van der Waals surface area contributed by atoms with Crippen molar-refractivity contribution in [3.8, 4) is 0 Å². The predicted octanol–water partition coefficient (Wildman–Crippen LogP) is 0.652. The molecule has 1 unspecified atom stereocenters. The van der Waals surface area contributed by atoms with Gasteiger partial charge in [-0.15, -0.1) is 0 Å². The SMILES string of the molecule is CCCCC1=[C]([Hf+2][CH]2C(n3cc(C)cc3C)=Cc3ccccc32)CC=C1.[Cl-].[Cl-]. The van der Waals surface area contributed by atoms with E-state index in [1.807, 2.05) is 3.33 Å². The second-order valence-corrected chi connectivity index (χ2v) is 12.8. The molecule has 0 saturated carbocycles. The maximum absolute atomic E-state index is 2.46. The van der Waals surface area contributed by atoms with Crippen molar-refractivity contribution in [1.29, 1.82) is 0 Å². The molecule has 2 aliphatic rings. The van der Waals surface area contributed by atoms with Gasteiger partial charge in [0.25, 0.3) is 0 Å². The first kappa shape index (κ1) is 23.4. The van der Waals surface area contributed by atoms with E-state index in [0.717, 1.165) is 0 Å². The number of benzene rings is 1. The maximum atomic E-state index is 2.46. The minimum Gasteiger partial charge on any atom is -1.00 e. The molecule has 28 heavy (non-hydrogen) atoms. The number of fused-ring (bicyclic) bond motifs is 1. The standard InChI is InChI=1S/C15H14N.C9H13.2ClH.Hf/c1-11-7-12(2)16(10-11)15-8-13-5-3-4-6-14(13)9-15;1-2-3-6-9-7-4-5-8-9;;;/h3-10H,1-2H3;4,7H,2-3,5-6H2,1H3;2*1H;/q;;;;+2/p-2. The number of hydrogen-bond acceptors (Lipinski definition) is 0. The molecule has 1 aromatic carbocycles. The van der Waals surface area contributed by atoms with Crippen molar-refractivity contribution in [1.82, 2.24) is 4.57 Å². The van der Waals surface area contributed by atoms with E-state index in [2.05, 4.69) is 80.1 Å². The molecule has 0 radical (unpaired) electrons. The first-order valence-electron chi connectivity index (χ1n) is 9.79. The van der Waals surface area contributed by atoms with E-state index in [-0.39, 0.29) is 24.8 Å². The summed E-state index contributed by atoms with van der Waals surface area (Å²) >= 11 is -1.00. The van der Waals surface area contributed by atoms with E-state index in [1.54, 1.807) is 11.1 Å². The molecule has 1 aromatic heterocycles. The van der Waals surface area contributed by atoms with Crippen LogP contribution in [0, 0.1) is 13.8 Å². The summed E-state index contributed by atoms with van der Waals surface area (Å²) in [6.45, 7) is 6.74. The van der Waals surface area contributed by atoms with Gasteiger partial charge in [0.2, 0.25) is 0 Å². The molecule has 0 fully saturated rings. The second kappa shape index (κ2) is 10.3. The molecule has 1 atom stereocenters. The van der Waals surface area contributed by atoms with Crippen molar-refractivity contribution >= 4 is 11.8 Å². The van der Waals surface area contributed by atoms with Crippen molar-refractivity contribution in [3.63, 3.8) is 0 Å². The minimum atomic E-state index is -1.00. The van der Waals surface area contributed by atoms with Crippen LogP contribution in [0.2, 0.25) is 0 Å². The third kappa shape index (κ3) is 4.66. The fourth-order valence-electron chi connectivity index (χ4n) is 4.17. The van der Waals surface area contributed by atoms with Gasteiger partial charge in [-0.05, 0) is 0 Å². The molecule has 0 saturated heterocycles. The molecule has 2 aliphatic carbocycles. The summed E-state index contributed by atoms with van der Waals surface area (Å²) in [6.07, 6.45) is 14.7. The van der Waals surface area contributed by atoms with Crippen LogP contribution in [0.25, 0.3) is 11.8 Å². The van der Waals surface area contributed by atoms with Crippen LogP contribution in [0.4, 0.5) is 0 Å². The molecular weight excluding hydrogens is 552 g/mol. The van der Waals surface area contributed by atoms with E-state index in [9.17, 15) is 0 Å². The molecule has 4 rings (SSSR count). The number of allylic oxidation sites excluding steroid dienone is 5. The minimum absolute atomic E-state index is 0. The Bertz CT molecular complexity index is 920. The molecule has 1 nitrogen and oxygen atoms in total. The Labute approximate surface area is 193 Å². The summed E-state index contributed by atoms with van der Waals surface area (Å²) < 4.78 is 4.96. The summed E-state index contributed by atoms with van der Waals surface area (Å²) in [5.74, 6) is 0. The third-order valence-corrected chi connectivity index (χ3v) is 11.8. The Morgan fingerprint density at radius 3 is 2.64 bits per heavy atom. The van der Waals surface area contributed by atoms with Gasteiger partial charge in [-0.25, -0.2) is 0 Å². The Morgan fingerprint density at radius 1 is 1.14 bits per heavy atom. The van der Waals surface area contributed by atoms with Crippen LogP contribution in [-0.2, 0) is 22.9 Å². The monoisotopic (exact) mass is 579 g/mol. The van der Waals surface area contributed by atoms with E-state index < -0.39 is 22.9 Å². The third-order valence-electron chi connectivity index (χ3n) is 5.48. The van der Waals surface area contributed by atoms with Crippen LogP contribution in [0.3, 0.4) is 0 Å². The summed E-state index contributed by atoms with van der Waals surface area (Å²) in [5, 5.41) is 0. The van der Waals surface area contributed by atoms with Crippen molar-refractivity contribution in [3.05, 3.63) is 80.0 Å². The van der Waals surface area contributed by atoms with Gasteiger partial charge < -0.3 is 24.8 Å². The second-order valence-electron chi connectivity index (χ2n) is 7.52. The summed E-state index contributed by atoms with van der Waals surface area (Å²) in [4.78, 5) is 0. The van der Waals surface area contributed by atoms with Gasteiger partial charge in [0.1, 0.15) is 0 Å². The van der Waals surface area contributed by atoms with Crippen LogP contribution in [0.15, 0.2) is 57.6 Å². The topological polar surface area (TPSA) is 4.93 Å². The number of hydrogen-bond donors (Lipinski definition) is 0. The average Bonchev–Trinajstić information content (AvgIpc) is 3.31. The average molecular weight is 579 g/mol. The molecule has 2 aromatic rings. The zero-order valence-corrected chi connectivity index (χ0v) is 21.9. The van der Waals surface area contributed by atoms with Crippen molar-refractivity contribution in [2.24, 2.45) is 0 Å². The van der Waals surface area contributed by atoms with Gasteiger partial charge in [0, 0.05) is 0 Å². The van der Waals surface area contributed by atoms with Gasteiger partial charge in [-0.2, -0.15) is 0 Å². The van der Waals surface area contributed by atoms with E-state index >= 15 is 0 Å². The van der Waals surface area contributed by atoms with Crippen LogP contribution >= 0.6 is 0 Å². The van der Waals surface area contributed by atoms with Gasteiger partial charge in [-0.3, -0.25) is 0 Å². The Balaban J connectivity index is 0.00000140. The maximum Gasteiger partial charge on any atom is -1.00 e. The summed E-state index contributed by atoms with van der Waals surface area (Å²) in [7, 11) is 0. The zero-order chi connectivity index (χ0) is 18.1. The van der Waals surface area contributed by atoms with Gasteiger partial charge >= 0.3 is 169 Å². The first-order valence-corrected chi connectivity index (χ1v) is 13.7. The van der Waals surface area contributed by atoms with Crippen molar-refractivity contribution in [2.75, 3.05) is 0 Å². The Hall–Kier alpha value is -0.830. The molecule has 4 heteroatoms. The Kier molecular flexibility index (Phi) is 8.60. The first-order chi connectivity index (χ1) is 12.7. The molecule has 0 amide bonds. The number of nitrogens with zero attached hydrogens (tertiary/aromatic N) is 1. The number of aryl methyl sites for hydroxylation is 2. The van der Waals surface area contributed by atoms with E-state index in [4.69, 9.17) is 0 Å². The van der Waals surface area contributed by atoms with Gasteiger partial charge in [-0.1, -0.05) is 0 Å². The fourth-order valence-corrected chi connectivity index (χ4v) is 10.5. The predicted molar refractivity (Wildman–Crippen MR) is 108 cm³/mol. The number of rotatable bonds is 6. The molecule has 0 bridgehead atoms. The molecule has 0 aliphatic heterocycles. The fraction of sp³-hybridized carbons (Fsp3) is 0.333. The zero-order valence-electron chi connectivity index (χ0n) is 16.8. The quantitative estimate of drug-likeness (QED) is 0.444. The molecule has 146 valence electrons. The summed E-state index contributed by atoms with van der Waals surface area (Å²) in [6, 6.07) is 11.4. The molecule has 1 heterocycles. The largest absolute Gasteiger partial charge is 1.00 e. The number of aromatic nitrogens is 1. The van der Waals surface area contributed by atoms with E-state index in [1.165, 1.54) is 48.2 Å². The van der Waals surface area contributed by atoms with Gasteiger partial charge in [0.05, 0.1) is 0 Å². The smallest absolute Gasteiger partial charge is 1.00 e. The van der Waals surface area contributed by atoms with Gasteiger partial charge in [0.15, 0.2) is 0 Å². The van der Waals surface area contributed by atoms with Crippen LogP contribution in [0.1, 0.15) is 58.7 Å². The Morgan fingerprint density at radius 2 is 1.93 bits per heavy atom. The van der Waals surface area contributed by atoms with Crippen LogP contribution < -0.4 is 24.8 Å².